The molecule has 35 heavy (non-hydrogen) atoms. The summed E-state index contributed by atoms with van der Waals surface area (Å²) in [4.78, 5) is 33.6. The van der Waals surface area contributed by atoms with Crippen molar-refractivity contribution in [3.63, 3.8) is 0 Å². The van der Waals surface area contributed by atoms with Crippen molar-refractivity contribution in [2.24, 2.45) is 11.8 Å². The Morgan fingerprint density at radius 3 is 2.40 bits per heavy atom. The molecule has 2 unspecified atom stereocenters. The zero-order valence-corrected chi connectivity index (χ0v) is 20.6. The summed E-state index contributed by atoms with van der Waals surface area (Å²) >= 11 is 0. The minimum absolute atomic E-state index is 0.140. The molecule has 9 nitrogen and oxygen atoms in total. The standard InChI is InChI=1S/C26H31N3O6/c1-6-35-25(32)21-22(16-13-19(33-4)23(30)20(14-16)34-5)29-18-10-8-7-9-17(18)27-26(29)28(24(21)31)12-11-15(2)3/h7-10,13-15,21-22,30H,6,11-12H2,1-5H3. The van der Waals surface area contributed by atoms with Gasteiger partial charge in [-0.25, -0.2) is 4.98 Å². The summed E-state index contributed by atoms with van der Waals surface area (Å²) in [5.41, 5.74) is 2.03. The van der Waals surface area contributed by atoms with Gasteiger partial charge in [0.25, 0.3) is 0 Å². The number of hydrogen-bond acceptors (Lipinski definition) is 7. The first-order valence-corrected chi connectivity index (χ1v) is 11.7. The van der Waals surface area contributed by atoms with Gasteiger partial charge >= 0.3 is 5.97 Å². The maximum Gasteiger partial charge on any atom is 0.321 e. The van der Waals surface area contributed by atoms with Crippen molar-refractivity contribution in [1.29, 1.82) is 0 Å². The minimum atomic E-state index is -1.16. The number of para-hydroxylation sites is 2. The smallest absolute Gasteiger partial charge is 0.321 e. The monoisotopic (exact) mass is 481 g/mol. The van der Waals surface area contributed by atoms with Crippen LogP contribution in [0.15, 0.2) is 36.4 Å². The molecule has 0 bridgehead atoms. The molecule has 2 aromatic carbocycles. The second kappa shape index (κ2) is 9.85. The normalized spacial score (nSPS) is 17.5. The molecular formula is C26H31N3O6. The summed E-state index contributed by atoms with van der Waals surface area (Å²) in [6.45, 7) is 6.43. The van der Waals surface area contributed by atoms with Crippen molar-refractivity contribution in [3.8, 4) is 17.2 Å². The van der Waals surface area contributed by atoms with Gasteiger partial charge in [-0.1, -0.05) is 26.0 Å². The summed E-state index contributed by atoms with van der Waals surface area (Å²) in [5.74, 6) is -1.16. The highest BCUT2D eigenvalue weighted by molar-refractivity contribution is 6.08. The molecule has 1 amide bonds. The number of aromatic nitrogens is 2. The third kappa shape index (κ3) is 4.26. The largest absolute Gasteiger partial charge is 0.502 e. The van der Waals surface area contributed by atoms with Crippen LogP contribution in [0.4, 0.5) is 5.95 Å². The number of anilines is 1. The summed E-state index contributed by atoms with van der Waals surface area (Å²) in [6.07, 6.45) is 0.746. The van der Waals surface area contributed by atoms with Crippen LogP contribution in [0.1, 0.15) is 38.8 Å². The molecule has 186 valence electrons. The van der Waals surface area contributed by atoms with Crippen LogP contribution in [0.2, 0.25) is 0 Å². The highest BCUT2D eigenvalue weighted by Crippen LogP contribution is 2.46. The van der Waals surface area contributed by atoms with Crippen LogP contribution < -0.4 is 14.4 Å². The average Bonchev–Trinajstić information content (AvgIpc) is 3.22. The van der Waals surface area contributed by atoms with E-state index in [9.17, 15) is 14.7 Å². The third-order valence-electron chi connectivity index (χ3n) is 6.26. The van der Waals surface area contributed by atoms with E-state index in [0.29, 0.717) is 29.5 Å². The first-order valence-electron chi connectivity index (χ1n) is 11.7. The number of carbonyl (C=O) groups is 2. The highest BCUT2D eigenvalue weighted by Gasteiger charge is 2.48. The third-order valence-corrected chi connectivity index (χ3v) is 6.26. The van der Waals surface area contributed by atoms with Gasteiger partial charge in [0.15, 0.2) is 17.4 Å². The van der Waals surface area contributed by atoms with Gasteiger partial charge in [0.2, 0.25) is 17.6 Å². The van der Waals surface area contributed by atoms with E-state index in [1.54, 1.807) is 24.0 Å². The van der Waals surface area contributed by atoms with Gasteiger partial charge in [-0.15, -0.1) is 0 Å². The van der Waals surface area contributed by atoms with Crippen molar-refractivity contribution in [2.45, 2.75) is 33.2 Å². The Labute approximate surface area is 204 Å². The molecule has 0 spiro atoms. The van der Waals surface area contributed by atoms with Crippen LogP contribution in [0.5, 0.6) is 17.2 Å². The Morgan fingerprint density at radius 1 is 1.14 bits per heavy atom. The van der Waals surface area contributed by atoms with E-state index in [1.165, 1.54) is 14.2 Å². The summed E-state index contributed by atoms with van der Waals surface area (Å²) in [6, 6.07) is 10.00. The lowest BCUT2D eigenvalue weighted by Crippen LogP contribution is -2.50. The lowest BCUT2D eigenvalue weighted by atomic mass is 9.88. The number of benzene rings is 2. The zero-order valence-electron chi connectivity index (χ0n) is 20.6. The predicted molar refractivity (Wildman–Crippen MR) is 131 cm³/mol. The predicted octanol–water partition coefficient (Wildman–Crippen LogP) is 3.92. The van der Waals surface area contributed by atoms with E-state index in [4.69, 9.17) is 19.2 Å². The number of phenols is 1. The van der Waals surface area contributed by atoms with E-state index in [1.807, 2.05) is 28.8 Å². The number of fused-ring (bicyclic) bond motifs is 3. The van der Waals surface area contributed by atoms with Crippen LogP contribution in [-0.2, 0) is 14.3 Å². The van der Waals surface area contributed by atoms with Gasteiger partial charge in [0.1, 0.15) is 0 Å². The Hall–Kier alpha value is -3.75. The molecule has 3 aromatic rings. The molecule has 0 aliphatic carbocycles. The Kier molecular flexibility index (Phi) is 6.86. The van der Waals surface area contributed by atoms with Crippen molar-refractivity contribution in [3.05, 3.63) is 42.0 Å². The number of ether oxygens (including phenoxy) is 3. The quantitative estimate of drug-likeness (QED) is 0.384. The Morgan fingerprint density at radius 2 is 1.80 bits per heavy atom. The molecular weight excluding hydrogens is 450 g/mol. The van der Waals surface area contributed by atoms with Gasteiger partial charge in [-0.2, -0.15) is 0 Å². The number of hydrogen-bond donors (Lipinski definition) is 1. The fourth-order valence-corrected chi connectivity index (χ4v) is 4.53. The van der Waals surface area contributed by atoms with Crippen LogP contribution in [0.25, 0.3) is 11.0 Å². The van der Waals surface area contributed by atoms with E-state index in [2.05, 4.69) is 13.8 Å². The molecule has 4 rings (SSSR count). The molecule has 1 N–H and O–H groups in total. The topological polar surface area (TPSA) is 103 Å². The lowest BCUT2D eigenvalue weighted by Gasteiger charge is -2.38. The number of esters is 1. The highest BCUT2D eigenvalue weighted by atomic mass is 16.5. The summed E-state index contributed by atoms with van der Waals surface area (Å²) in [7, 11) is 2.86. The molecule has 1 aromatic heterocycles. The molecule has 1 aliphatic heterocycles. The first-order chi connectivity index (χ1) is 16.8. The molecule has 1 aliphatic rings. The number of amides is 1. The van der Waals surface area contributed by atoms with Gasteiger partial charge in [0.05, 0.1) is 37.9 Å². The number of aromatic hydroxyl groups is 1. The number of phenolic OH excluding ortho intramolecular Hbond substituents is 1. The van der Waals surface area contributed by atoms with Gasteiger partial charge < -0.3 is 23.9 Å². The molecule has 0 saturated carbocycles. The van der Waals surface area contributed by atoms with Crippen LogP contribution >= 0.6 is 0 Å². The Bertz CT molecular complexity index is 1230. The second-order valence-electron chi connectivity index (χ2n) is 8.89. The van der Waals surface area contributed by atoms with Gasteiger partial charge in [-0.05, 0) is 49.1 Å². The number of imidazole rings is 1. The van der Waals surface area contributed by atoms with Crippen molar-refractivity contribution in [2.75, 3.05) is 32.3 Å². The van der Waals surface area contributed by atoms with Crippen molar-refractivity contribution < 1.29 is 28.9 Å². The molecule has 0 fully saturated rings. The Balaban J connectivity index is 2.01. The number of rotatable bonds is 8. The van der Waals surface area contributed by atoms with Crippen LogP contribution in [0, 0.1) is 11.8 Å². The molecule has 2 atom stereocenters. The molecule has 0 radical (unpaired) electrons. The molecule has 0 saturated heterocycles. The average molecular weight is 482 g/mol. The van der Waals surface area contributed by atoms with Gasteiger partial charge in [0, 0.05) is 6.54 Å². The molecule has 2 heterocycles. The van der Waals surface area contributed by atoms with Crippen molar-refractivity contribution in [1.82, 2.24) is 9.55 Å². The maximum absolute atomic E-state index is 13.9. The lowest BCUT2D eigenvalue weighted by molar-refractivity contribution is -0.153. The number of methoxy groups -OCH3 is 2. The minimum Gasteiger partial charge on any atom is -0.502 e. The van der Waals surface area contributed by atoms with E-state index in [-0.39, 0.29) is 29.8 Å². The number of nitrogens with zero attached hydrogens (tertiary/aromatic N) is 3. The van der Waals surface area contributed by atoms with Crippen LogP contribution in [-0.4, -0.2) is 53.9 Å². The van der Waals surface area contributed by atoms with Crippen molar-refractivity contribution >= 4 is 28.9 Å². The SMILES string of the molecule is CCOC(=O)C1C(=O)N(CCC(C)C)c2nc3ccccc3n2C1c1cc(OC)c(O)c(OC)c1. The van der Waals surface area contributed by atoms with E-state index >= 15 is 0 Å². The first kappa shape index (κ1) is 24.4. The fourth-order valence-electron chi connectivity index (χ4n) is 4.53. The van der Waals surface area contributed by atoms with E-state index < -0.39 is 17.9 Å². The second-order valence-corrected chi connectivity index (χ2v) is 8.89. The molecule has 9 heteroatoms. The maximum atomic E-state index is 13.9. The zero-order chi connectivity index (χ0) is 25.3. The fraction of sp³-hybridized carbons (Fsp3) is 0.423. The van der Waals surface area contributed by atoms with Crippen LogP contribution in [0.3, 0.4) is 0 Å². The summed E-state index contributed by atoms with van der Waals surface area (Å²) < 4.78 is 18.0. The number of carbonyl (C=O) groups excluding carboxylic acids is 2. The summed E-state index contributed by atoms with van der Waals surface area (Å²) in [5, 5.41) is 10.5. The van der Waals surface area contributed by atoms with E-state index in [0.717, 1.165) is 11.9 Å². The van der Waals surface area contributed by atoms with Gasteiger partial charge in [-0.3, -0.25) is 14.5 Å².